The van der Waals surface area contributed by atoms with Crippen molar-refractivity contribution in [1.29, 1.82) is 0 Å². The lowest BCUT2D eigenvalue weighted by Crippen LogP contribution is -2.48. The highest BCUT2D eigenvalue weighted by molar-refractivity contribution is 5.94. The number of piperazine rings is 1. The van der Waals surface area contributed by atoms with Crippen LogP contribution < -0.4 is 15.5 Å². The van der Waals surface area contributed by atoms with E-state index in [1.165, 1.54) is 0 Å². The molecule has 1 heterocycles. The standard InChI is InChI=1S/C25H28N4O2/c30-18-13-26-23-12-11-22(19-24(23)27-21-9-5-2-6-10-21)28-14-16-29(17-15-28)25(31)20-7-3-1-4-8-20/h1-12,19,26-27,30H,13-18H2. The zero-order valence-electron chi connectivity index (χ0n) is 17.5. The molecule has 0 unspecified atom stereocenters. The van der Waals surface area contributed by atoms with Crippen LogP contribution in [0.3, 0.4) is 0 Å². The maximum absolute atomic E-state index is 12.7. The lowest BCUT2D eigenvalue weighted by Gasteiger charge is -2.36. The normalized spacial score (nSPS) is 13.7. The lowest BCUT2D eigenvalue weighted by atomic mass is 10.1. The van der Waals surface area contributed by atoms with Crippen LogP contribution in [0.15, 0.2) is 78.9 Å². The van der Waals surface area contributed by atoms with Gasteiger partial charge in [-0.25, -0.2) is 0 Å². The van der Waals surface area contributed by atoms with E-state index in [9.17, 15) is 9.90 Å². The van der Waals surface area contributed by atoms with Crippen LogP contribution in [0.25, 0.3) is 0 Å². The van der Waals surface area contributed by atoms with E-state index in [-0.39, 0.29) is 12.5 Å². The van der Waals surface area contributed by atoms with Gasteiger partial charge in [0, 0.05) is 49.7 Å². The SMILES string of the molecule is O=C(c1ccccc1)N1CCN(c2ccc(NCCO)c(Nc3ccccc3)c2)CC1. The molecule has 6 heteroatoms. The molecule has 0 aliphatic carbocycles. The van der Waals surface area contributed by atoms with Gasteiger partial charge in [-0.2, -0.15) is 0 Å². The molecule has 1 aliphatic rings. The van der Waals surface area contributed by atoms with Crippen LogP contribution in [-0.2, 0) is 0 Å². The summed E-state index contributed by atoms with van der Waals surface area (Å²) in [4.78, 5) is 16.9. The fourth-order valence-corrected chi connectivity index (χ4v) is 3.79. The molecule has 3 aromatic carbocycles. The molecule has 1 amide bonds. The van der Waals surface area contributed by atoms with Gasteiger partial charge in [0.05, 0.1) is 18.0 Å². The first-order chi connectivity index (χ1) is 15.2. The van der Waals surface area contributed by atoms with Gasteiger partial charge in [0.2, 0.25) is 0 Å². The molecule has 4 rings (SSSR count). The third-order valence-corrected chi connectivity index (χ3v) is 5.44. The molecule has 160 valence electrons. The highest BCUT2D eigenvalue weighted by Gasteiger charge is 2.22. The quantitative estimate of drug-likeness (QED) is 0.547. The van der Waals surface area contributed by atoms with Crippen LogP contribution in [-0.4, -0.2) is 55.2 Å². The second kappa shape index (κ2) is 10.00. The van der Waals surface area contributed by atoms with Crippen LogP contribution in [0.2, 0.25) is 0 Å². The van der Waals surface area contributed by atoms with Crippen LogP contribution >= 0.6 is 0 Å². The predicted octanol–water partition coefficient (Wildman–Crippen LogP) is 3.80. The van der Waals surface area contributed by atoms with Gasteiger partial charge < -0.3 is 25.5 Å². The van der Waals surface area contributed by atoms with Crippen LogP contribution in [0.1, 0.15) is 10.4 Å². The molecule has 6 nitrogen and oxygen atoms in total. The molecule has 0 aromatic heterocycles. The number of carbonyl (C=O) groups is 1. The number of carbonyl (C=O) groups excluding carboxylic acids is 1. The highest BCUT2D eigenvalue weighted by Crippen LogP contribution is 2.31. The first kappa shape index (κ1) is 20.8. The molecular weight excluding hydrogens is 388 g/mol. The molecule has 3 N–H and O–H groups in total. The molecule has 0 bridgehead atoms. The molecule has 3 aromatic rings. The monoisotopic (exact) mass is 416 g/mol. The Labute approximate surface area is 183 Å². The lowest BCUT2D eigenvalue weighted by molar-refractivity contribution is 0.0747. The maximum atomic E-state index is 12.7. The van der Waals surface area contributed by atoms with Gasteiger partial charge in [-0.3, -0.25) is 4.79 Å². The summed E-state index contributed by atoms with van der Waals surface area (Å²) >= 11 is 0. The van der Waals surface area contributed by atoms with Crippen molar-refractivity contribution < 1.29 is 9.90 Å². The Morgan fingerprint density at radius 2 is 1.52 bits per heavy atom. The summed E-state index contributed by atoms with van der Waals surface area (Å²) in [6, 6.07) is 25.7. The summed E-state index contributed by atoms with van der Waals surface area (Å²) in [5, 5.41) is 15.9. The van der Waals surface area contributed by atoms with E-state index in [4.69, 9.17) is 0 Å². The van der Waals surface area contributed by atoms with Crippen molar-refractivity contribution in [3.8, 4) is 0 Å². The number of benzene rings is 3. The molecule has 1 fully saturated rings. The Morgan fingerprint density at radius 1 is 0.839 bits per heavy atom. The Hall–Kier alpha value is -3.51. The molecule has 0 radical (unpaired) electrons. The van der Waals surface area contributed by atoms with Crippen molar-refractivity contribution in [1.82, 2.24) is 4.90 Å². The Bertz CT molecular complexity index is 987. The molecular formula is C25H28N4O2. The average Bonchev–Trinajstić information content (AvgIpc) is 2.84. The fraction of sp³-hybridized carbons (Fsp3) is 0.240. The minimum absolute atomic E-state index is 0.0733. The van der Waals surface area contributed by atoms with Gasteiger partial charge in [0.1, 0.15) is 0 Å². The smallest absolute Gasteiger partial charge is 0.253 e. The molecule has 0 saturated carbocycles. The average molecular weight is 417 g/mol. The summed E-state index contributed by atoms with van der Waals surface area (Å²) in [6.07, 6.45) is 0. The maximum Gasteiger partial charge on any atom is 0.253 e. The second-order valence-electron chi connectivity index (χ2n) is 7.52. The number of hydrogen-bond acceptors (Lipinski definition) is 5. The first-order valence-electron chi connectivity index (χ1n) is 10.6. The number of anilines is 4. The Kier molecular flexibility index (Phi) is 6.69. The zero-order chi connectivity index (χ0) is 21.5. The number of amides is 1. The summed E-state index contributed by atoms with van der Waals surface area (Å²) in [5.74, 6) is 0.0928. The van der Waals surface area contributed by atoms with E-state index in [2.05, 4.69) is 27.7 Å². The third kappa shape index (κ3) is 5.16. The van der Waals surface area contributed by atoms with Gasteiger partial charge in [0.25, 0.3) is 5.91 Å². The van der Waals surface area contributed by atoms with Gasteiger partial charge in [-0.15, -0.1) is 0 Å². The molecule has 31 heavy (non-hydrogen) atoms. The van der Waals surface area contributed by atoms with Crippen LogP contribution in [0, 0.1) is 0 Å². The van der Waals surface area contributed by atoms with Crippen molar-refractivity contribution in [3.63, 3.8) is 0 Å². The Morgan fingerprint density at radius 3 is 2.19 bits per heavy atom. The van der Waals surface area contributed by atoms with Crippen molar-refractivity contribution in [3.05, 3.63) is 84.4 Å². The number of nitrogens with zero attached hydrogens (tertiary/aromatic N) is 2. The van der Waals surface area contributed by atoms with E-state index < -0.39 is 0 Å². The van der Waals surface area contributed by atoms with Gasteiger partial charge >= 0.3 is 0 Å². The van der Waals surface area contributed by atoms with Crippen molar-refractivity contribution in [2.75, 3.05) is 54.9 Å². The third-order valence-electron chi connectivity index (χ3n) is 5.44. The number of aliphatic hydroxyl groups excluding tert-OH is 1. The highest BCUT2D eigenvalue weighted by atomic mass is 16.3. The molecule has 1 saturated heterocycles. The number of para-hydroxylation sites is 1. The largest absolute Gasteiger partial charge is 0.395 e. The van der Waals surface area contributed by atoms with Gasteiger partial charge in [0.15, 0.2) is 0 Å². The van der Waals surface area contributed by atoms with E-state index >= 15 is 0 Å². The van der Waals surface area contributed by atoms with Crippen molar-refractivity contribution in [2.24, 2.45) is 0 Å². The van der Waals surface area contributed by atoms with E-state index in [1.54, 1.807) is 0 Å². The molecule has 0 spiro atoms. The minimum Gasteiger partial charge on any atom is -0.395 e. The summed E-state index contributed by atoms with van der Waals surface area (Å²) < 4.78 is 0. The van der Waals surface area contributed by atoms with E-state index in [0.717, 1.165) is 41.4 Å². The topological polar surface area (TPSA) is 67.8 Å². The number of rotatable bonds is 7. The summed E-state index contributed by atoms with van der Waals surface area (Å²) in [7, 11) is 0. The first-order valence-corrected chi connectivity index (χ1v) is 10.6. The van der Waals surface area contributed by atoms with E-state index in [1.807, 2.05) is 71.6 Å². The van der Waals surface area contributed by atoms with Gasteiger partial charge in [-0.05, 0) is 42.5 Å². The zero-order valence-corrected chi connectivity index (χ0v) is 17.5. The second-order valence-corrected chi connectivity index (χ2v) is 7.52. The minimum atomic E-state index is 0.0733. The molecule has 0 atom stereocenters. The van der Waals surface area contributed by atoms with Gasteiger partial charge in [-0.1, -0.05) is 36.4 Å². The van der Waals surface area contributed by atoms with E-state index in [0.29, 0.717) is 19.6 Å². The Balaban J connectivity index is 1.47. The summed E-state index contributed by atoms with van der Waals surface area (Å²) in [5.41, 5.74) is 4.76. The van der Waals surface area contributed by atoms with Crippen LogP contribution in [0.5, 0.6) is 0 Å². The number of hydrogen-bond donors (Lipinski definition) is 3. The molecule has 1 aliphatic heterocycles. The summed E-state index contributed by atoms with van der Waals surface area (Å²) in [6.45, 7) is 3.52. The predicted molar refractivity (Wildman–Crippen MR) is 126 cm³/mol. The van der Waals surface area contributed by atoms with Crippen molar-refractivity contribution >= 4 is 28.7 Å². The fourth-order valence-electron chi connectivity index (χ4n) is 3.79. The number of aliphatic hydroxyl groups is 1. The van der Waals surface area contributed by atoms with Crippen molar-refractivity contribution in [2.45, 2.75) is 0 Å². The number of nitrogens with one attached hydrogen (secondary N) is 2. The van der Waals surface area contributed by atoms with Crippen LogP contribution in [0.4, 0.5) is 22.7 Å².